The van der Waals surface area contributed by atoms with Crippen LogP contribution in [0.1, 0.15) is 40.5 Å². The van der Waals surface area contributed by atoms with E-state index in [1.54, 1.807) is 11.8 Å². The largest absolute Gasteiger partial charge is 0.464 e. The summed E-state index contributed by atoms with van der Waals surface area (Å²) in [7, 11) is 0. The summed E-state index contributed by atoms with van der Waals surface area (Å²) < 4.78 is 10.4. The second kappa shape index (κ2) is 4.44. The Morgan fingerprint density at radius 2 is 1.94 bits per heavy atom. The summed E-state index contributed by atoms with van der Waals surface area (Å²) in [5.74, 6) is 0.141. The van der Waals surface area contributed by atoms with Crippen molar-refractivity contribution >= 4 is 12.1 Å². The minimum atomic E-state index is -0.538. The maximum Gasteiger partial charge on any atom is 0.411 e. The van der Waals surface area contributed by atoms with Gasteiger partial charge >= 0.3 is 12.1 Å². The number of hydrogen-bond donors (Lipinski definition) is 0. The fourth-order valence-electron chi connectivity index (χ4n) is 2.48. The lowest BCUT2D eigenvalue weighted by Gasteiger charge is -2.29. The van der Waals surface area contributed by atoms with Crippen LogP contribution in [-0.2, 0) is 14.3 Å². The molecule has 1 saturated heterocycles. The van der Waals surface area contributed by atoms with Gasteiger partial charge in [-0.25, -0.2) is 9.59 Å². The van der Waals surface area contributed by atoms with Crippen molar-refractivity contribution in [2.24, 2.45) is 5.92 Å². The van der Waals surface area contributed by atoms with E-state index in [0.29, 0.717) is 18.9 Å². The Kier molecular flexibility index (Phi) is 3.25. The SMILES string of the molecule is CCOC(=O)C1C[C@@H]2C[C@@H]2N1C(=O)OC(C)(C)C. The Morgan fingerprint density at radius 1 is 1.28 bits per heavy atom. The Bertz CT molecular complexity index is 360. The summed E-state index contributed by atoms with van der Waals surface area (Å²) in [4.78, 5) is 25.5. The molecule has 1 aliphatic carbocycles. The first-order valence-corrected chi connectivity index (χ1v) is 6.51. The molecule has 1 unspecified atom stereocenters. The molecule has 0 spiro atoms. The molecule has 5 heteroatoms. The third-order valence-corrected chi connectivity index (χ3v) is 3.27. The fraction of sp³-hybridized carbons (Fsp3) is 0.846. The summed E-state index contributed by atoms with van der Waals surface area (Å²) in [6.45, 7) is 7.58. The van der Waals surface area contributed by atoms with Gasteiger partial charge in [0.25, 0.3) is 0 Å². The van der Waals surface area contributed by atoms with Crippen LogP contribution in [0.15, 0.2) is 0 Å². The molecular formula is C13H21NO4. The van der Waals surface area contributed by atoms with E-state index in [0.717, 1.165) is 6.42 Å². The van der Waals surface area contributed by atoms with Gasteiger partial charge in [-0.1, -0.05) is 0 Å². The smallest absolute Gasteiger partial charge is 0.411 e. The van der Waals surface area contributed by atoms with Crippen molar-refractivity contribution < 1.29 is 19.1 Å². The van der Waals surface area contributed by atoms with Crippen molar-refractivity contribution in [3.63, 3.8) is 0 Å². The van der Waals surface area contributed by atoms with Gasteiger partial charge < -0.3 is 9.47 Å². The molecule has 1 saturated carbocycles. The topological polar surface area (TPSA) is 55.8 Å². The van der Waals surface area contributed by atoms with Gasteiger partial charge in [-0.15, -0.1) is 0 Å². The lowest BCUT2D eigenvalue weighted by atomic mass is 10.1. The first-order valence-electron chi connectivity index (χ1n) is 6.51. The number of hydrogen-bond acceptors (Lipinski definition) is 4. The second-order valence-electron chi connectivity index (χ2n) is 5.95. The average Bonchev–Trinajstić information content (AvgIpc) is 2.86. The summed E-state index contributed by atoms with van der Waals surface area (Å²) in [6.07, 6.45) is 1.29. The Labute approximate surface area is 107 Å². The number of likely N-dealkylation sites (tertiary alicyclic amines) is 1. The van der Waals surface area contributed by atoms with Crippen LogP contribution in [0.3, 0.4) is 0 Å². The highest BCUT2D eigenvalue weighted by atomic mass is 16.6. The van der Waals surface area contributed by atoms with E-state index in [1.807, 2.05) is 20.8 Å². The summed E-state index contributed by atoms with van der Waals surface area (Å²) >= 11 is 0. The van der Waals surface area contributed by atoms with Crippen LogP contribution in [-0.4, -0.2) is 41.3 Å². The van der Waals surface area contributed by atoms with Gasteiger partial charge in [-0.3, -0.25) is 4.90 Å². The quantitative estimate of drug-likeness (QED) is 0.708. The van der Waals surface area contributed by atoms with E-state index in [2.05, 4.69) is 0 Å². The molecule has 0 radical (unpaired) electrons. The third-order valence-electron chi connectivity index (χ3n) is 3.27. The molecule has 0 N–H and O–H groups in total. The molecular weight excluding hydrogens is 234 g/mol. The number of ether oxygens (including phenoxy) is 2. The van der Waals surface area contributed by atoms with Gasteiger partial charge in [0.1, 0.15) is 11.6 Å². The zero-order valence-electron chi connectivity index (χ0n) is 11.4. The van der Waals surface area contributed by atoms with Crippen LogP contribution in [0.5, 0.6) is 0 Å². The molecule has 0 bridgehead atoms. The monoisotopic (exact) mass is 255 g/mol. The zero-order chi connectivity index (χ0) is 13.5. The number of amides is 1. The van der Waals surface area contributed by atoms with Gasteiger partial charge in [0.15, 0.2) is 0 Å². The second-order valence-corrected chi connectivity index (χ2v) is 5.95. The Hall–Kier alpha value is -1.26. The maximum atomic E-state index is 12.1. The molecule has 0 aromatic carbocycles. The number of rotatable bonds is 2. The summed E-state index contributed by atoms with van der Waals surface area (Å²) in [6, 6.07) is -0.280. The van der Waals surface area contributed by atoms with E-state index in [-0.39, 0.29) is 12.0 Å². The van der Waals surface area contributed by atoms with E-state index in [9.17, 15) is 9.59 Å². The van der Waals surface area contributed by atoms with Crippen LogP contribution in [0.25, 0.3) is 0 Å². The van der Waals surface area contributed by atoms with Gasteiger partial charge in [0.2, 0.25) is 0 Å². The fourth-order valence-corrected chi connectivity index (χ4v) is 2.48. The molecule has 1 heterocycles. The maximum absolute atomic E-state index is 12.1. The molecule has 0 aromatic rings. The molecule has 1 amide bonds. The highest BCUT2D eigenvalue weighted by Gasteiger charge is 2.57. The van der Waals surface area contributed by atoms with Crippen LogP contribution in [0.4, 0.5) is 4.79 Å². The van der Waals surface area contributed by atoms with E-state index < -0.39 is 17.7 Å². The zero-order valence-corrected chi connectivity index (χ0v) is 11.4. The minimum Gasteiger partial charge on any atom is -0.464 e. The molecule has 2 fully saturated rings. The summed E-state index contributed by atoms with van der Waals surface area (Å²) in [5.41, 5.74) is -0.538. The van der Waals surface area contributed by atoms with Crippen LogP contribution in [0.2, 0.25) is 0 Å². The predicted octanol–water partition coefficient (Wildman–Crippen LogP) is 1.95. The van der Waals surface area contributed by atoms with Crippen molar-refractivity contribution in [2.45, 2.75) is 58.2 Å². The first kappa shape index (κ1) is 13.2. The normalized spacial score (nSPS) is 29.8. The van der Waals surface area contributed by atoms with Gasteiger partial charge in [-0.05, 0) is 46.5 Å². The van der Waals surface area contributed by atoms with Crippen LogP contribution < -0.4 is 0 Å². The van der Waals surface area contributed by atoms with Crippen molar-refractivity contribution in [1.29, 1.82) is 0 Å². The predicted molar refractivity (Wildman–Crippen MR) is 65.0 cm³/mol. The van der Waals surface area contributed by atoms with Gasteiger partial charge in [-0.2, -0.15) is 0 Å². The van der Waals surface area contributed by atoms with Crippen LogP contribution >= 0.6 is 0 Å². The molecule has 3 atom stereocenters. The number of esters is 1. The van der Waals surface area contributed by atoms with Crippen molar-refractivity contribution in [1.82, 2.24) is 4.90 Å². The van der Waals surface area contributed by atoms with E-state index >= 15 is 0 Å². The molecule has 2 rings (SSSR count). The average molecular weight is 255 g/mol. The lowest BCUT2D eigenvalue weighted by molar-refractivity contribution is -0.148. The third kappa shape index (κ3) is 2.60. The highest BCUT2D eigenvalue weighted by molar-refractivity contribution is 5.83. The molecule has 5 nitrogen and oxygen atoms in total. The van der Waals surface area contributed by atoms with Crippen molar-refractivity contribution in [2.75, 3.05) is 6.61 Å². The van der Waals surface area contributed by atoms with Crippen molar-refractivity contribution in [3.8, 4) is 0 Å². The number of carbonyl (C=O) groups is 2. The number of nitrogens with zero attached hydrogens (tertiary/aromatic N) is 1. The number of fused-ring (bicyclic) bond motifs is 1. The number of piperidine rings is 1. The van der Waals surface area contributed by atoms with Crippen molar-refractivity contribution in [3.05, 3.63) is 0 Å². The standard InChI is InChI=1S/C13H21NO4/c1-5-17-11(15)10-7-8-6-9(8)14(10)12(16)18-13(2,3)4/h8-10H,5-7H2,1-4H3/t8-,9-,10?/m0/s1. The number of carbonyl (C=O) groups excluding carboxylic acids is 2. The minimum absolute atomic E-state index is 0.175. The van der Waals surface area contributed by atoms with E-state index in [1.165, 1.54) is 0 Å². The Balaban J connectivity index is 2.04. The van der Waals surface area contributed by atoms with E-state index in [4.69, 9.17) is 9.47 Å². The molecule has 18 heavy (non-hydrogen) atoms. The summed E-state index contributed by atoms with van der Waals surface area (Å²) in [5, 5.41) is 0. The lowest BCUT2D eigenvalue weighted by Crippen LogP contribution is -2.46. The van der Waals surface area contributed by atoms with Crippen LogP contribution in [0, 0.1) is 5.92 Å². The highest BCUT2D eigenvalue weighted by Crippen LogP contribution is 2.48. The molecule has 2 aliphatic rings. The van der Waals surface area contributed by atoms with Gasteiger partial charge in [0, 0.05) is 6.04 Å². The van der Waals surface area contributed by atoms with Gasteiger partial charge in [0.05, 0.1) is 6.61 Å². The molecule has 1 aliphatic heterocycles. The molecule has 102 valence electrons. The first-order chi connectivity index (χ1) is 8.33. The Morgan fingerprint density at radius 3 is 2.50 bits per heavy atom. The molecule has 0 aromatic heterocycles.